The number of benzene rings is 2. The summed E-state index contributed by atoms with van der Waals surface area (Å²) in [5.74, 6) is -0.0453. The van der Waals surface area contributed by atoms with Crippen molar-refractivity contribution in [3.05, 3.63) is 64.8 Å². The first-order chi connectivity index (χ1) is 12.5. The summed E-state index contributed by atoms with van der Waals surface area (Å²) in [7, 11) is 4.07. The van der Waals surface area contributed by atoms with Crippen molar-refractivity contribution in [3.8, 4) is 0 Å². The van der Waals surface area contributed by atoms with Crippen molar-refractivity contribution in [1.29, 1.82) is 0 Å². The molecular formula is C20H24N4OS. The number of rotatable bonds is 3. The number of nitrogens with two attached hydrogens (primary N) is 1. The predicted molar refractivity (Wildman–Crippen MR) is 111 cm³/mol. The van der Waals surface area contributed by atoms with E-state index in [9.17, 15) is 4.79 Å². The second kappa shape index (κ2) is 7.43. The lowest BCUT2D eigenvalue weighted by atomic mass is 9.95. The quantitative estimate of drug-likeness (QED) is 0.424. The normalized spacial score (nSPS) is 15.6. The minimum Gasteiger partial charge on any atom is -0.399 e. The van der Waals surface area contributed by atoms with Crippen LogP contribution >= 0.6 is 12.6 Å². The van der Waals surface area contributed by atoms with Crippen LogP contribution in [-0.4, -0.2) is 36.1 Å². The highest BCUT2D eigenvalue weighted by molar-refractivity contribution is 7.79. The van der Waals surface area contributed by atoms with Gasteiger partial charge in [-0.1, -0.05) is 18.2 Å². The maximum Gasteiger partial charge on any atom is 0.252 e. The summed E-state index contributed by atoms with van der Waals surface area (Å²) >= 11 is 3.53. The number of carbonyl (C=O) groups excluding carboxylic acids is 1. The van der Waals surface area contributed by atoms with E-state index < -0.39 is 0 Å². The number of fused-ring (bicyclic) bond motifs is 2. The van der Waals surface area contributed by atoms with Gasteiger partial charge in [0.25, 0.3) is 5.91 Å². The van der Waals surface area contributed by atoms with E-state index in [0.717, 1.165) is 34.3 Å². The molecule has 2 aromatic carbocycles. The maximum atomic E-state index is 12.4. The van der Waals surface area contributed by atoms with Gasteiger partial charge in [0.15, 0.2) is 0 Å². The molecular weight excluding hydrogens is 344 g/mol. The molecule has 1 amide bonds. The lowest BCUT2D eigenvalue weighted by Gasteiger charge is -2.17. The standard InChI is InChI=1S/C19H20N4O.CH4S/c1-23(2)10-16-17(13-5-3-4-6-15(13)21-16)18-14-9-11(20)7-8-12(14)19(24)22-18;1-2/h3-9,18,21H,10,20H2,1-2H3,(H,22,24);2H,1H3. The van der Waals surface area contributed by atoms with Gasteiger partial charge in [-0.05, 0) is 50.2 Å². The Kier molecular flexibility index (Phi) is 5.25. The molecule has 3 aromatic rings. The van der Waals surface area contributed by atoms with Crippen LogP contribution in [0.2, 0.25) is 0 Å². The minimum absolute atomic E-state index is 0.0453. The van der Waals surface area contributed by atoms with Gasteiger partial charge in [0.05, 0.1) is 6.04 Å². The zero-order valence-corrected chi connectivity index (χ0v) is 16.1. The highest BCUT2D eigenvalue weighted by Gasteiger charge is 2.33. The third-order valence-electron chi connectivity index (χ3n) is 4.50. The lowest BCUT2D eigenvalue weighted by molar-refractivity contribution is 0.0960. The molecule has 0 fully saturated rings. The van der Waals surface area contributed by atoms with E-state index in [2.05, 4.69) is 40.0 Å². The summed E-state index contributed by atoms with van der Waals surface area (Å²) in [4.78, 5) is 18.0. The number of anilines is 1. The number of thiol groups is 1. The summed E-state index contributed by atoms with van der Waals surface area (Å²) in [6.07, 6.45) is 1.69. The fraction of sp³-hybridized carbons (Fsp3) is 0.250. The Balaban J connectivity index is 0.000000948. The van der Waals surface area contributed by atoms with E-state index in [1.165, 1.54) is 0 Å². The smallest absolute Gasteiger partial charge is 0.252 e. The molecule has 0 saturated heterocycles. The zero-order chi connectivity index (χ0) is 18.8. The van der Waals surface area contributed by atoms with Gasteiger partial charge < -0.3 is 20.9 Å². The number of H-pyrrole nitrogens is 1. The number of amides is 1. The molecule has 26 heavy (non-hydrogen) atoms. The molecule has 1 aliphatic rings. The number of nitrogen functional groups attached to an aromatic ring is 1. The van der Waals surface area contributed by atoms with Crippen molar-refractivity contribution >= 4 is 35.1 Å². The van der Waals surface area contributed by atoms with Gasteiger partial charge in [0.2, 0.25) is 0 Å². The maximum absolute atomic E-state index is 12.4. The Bertz CT molecular complexity index is 948. The van der Waals surface area contributed by atoms with Crippen LogP contribution in [0, 0.1) is 0 Å². The van der Waals surface area contributed by atoms with Crippen LogP contribution in [0.1, 0.15) is 33.2 Å². The first-order valence-corrected chi connectivity index (χ1v) is 9.33. The minimum atomic E-state index is -0.179. The molecule has 1 aliphatic heterocycles. The molecule has 4 rings (SSSR count). The van der Waals surface area contributed by atoms with Crippen molar-refractivity contribution < 1.29 is 4.79 Å². The van der Waals surface area contributed by atoms with Crippen LogP contribution in [-0.2, 0) is 6.54 Å². The van der Waals surface area contributed by atoms with Crippen molar-refractivity contribution in [2.45, 2.75) is 12.6 Å². The number of hydrogen-bond acceptors (Lipinski definition) is 4. The third-order valence-corrected chi connectivity index (χ3v) is 4.50. The van der Waals surface area contributed by atoms with Crippen LogP contribution in [0.15, 0.2) is 42.5 Å². The molecule has 0 aliphatic carbocycles. The Morgan fingerprint density at radius 2 is 1.88 bits per heavy atom. The van der Waals surface area contributed by atoms with Crippen LogP contribution in [0.3, 0.4) is 0 Å². The van der Waals surface area contributed by atoms with Gasteiger partial charge in [0, 0.05) is 40.0 Å². The summed E-state index contributed by atoms with van der Waals surface area (Å²) in [6, 6.07) is 13.5. The summed E-state index contributed by atoms with van der Waals surface area (Å²) < 4.78 is 0. The molecule has 4 N–H and O–H groups in total. The molecule has 0 saturated carbocycles. The van der Waals surface area contributed by atoms with Gasteiger partial charge in [0.1, 0.15) is 0 Å². The largest absolute Gasteiger partial charge is 0.399 e. The van der Waals surface area contributed by atoms with E-state index >= 15 is 0 Å². The fourth-order valence-corrected chi connectivity index (χ4v) is 3.53. The highest BCUT2D eigenvalue weighted by Crippen LogP contribution is 2.38. The van der Waals surface area contributed by atoms with E-state index in [1.54, 1.807) is 18.4 Å². The Hall–Kier alpha value is -2.44. The molecule has 1 unspecified atom stereocenters. The van der Waals surface area contributed by atoms with E-state index in [1.807, 2.05) is 32.3 Å². The molecule has 136 valence electrons. The number of para-hydroxylation sites is 1. The first-order valence-electron chi connectivity index (χ1n) is 8.44. The first kappa shape index (κ1) is 18.4. The average Bonchev–Trinajstić information content (AvgIpc) is 3.13. The van der Waals surface area contributed by atoms with E-state index in [0.29, 0.717) is 11.3 Å². The topological polar surface area (TPSA) is 74.2 Å². The predicted octanol–water partition coefficient (Wildman–Crippen LogP) is 3.19. The van der Waals surface area contributed by atoms with Crippen molar-refractivity contribution in [2.75, 3.05) is 26.1 Å². The molecule has 5 nitrogen and oxygen atoms in total. The van der Waals surface area contributed by atoms with Crippen LogP contribution < -0.4 is 11.1 Å². The Morgan fingerprint density at radius 1 is 1.15 bits per heavy atom. The number of carbonyl (C=O) groups is 1. The second-order valence-electron chi connectivity index (χ2n) is 6.55. The Morgan fingerprint density at radius 3 is 2.62 bits per heavy atom. The number of hydrogen-bond donors (Lipinski definition) is 4. The summed E-state index contributed by atoms with van der Waals surface area (Å²) in [5.41, 5.74) is 11.6. The Labute approximate surface area is 159 Å². The van der Waals surface area contributed by atoms with Crippen LogP contribution in [0.5, 0.6) is 0 Å². The molecule has 2 heterocycles. The summed E-state index contributed by atoms with van der Waals surface area (Å²) in [6.45, 7) is 0.772. The fourth-order valence-electron chi connectivity index (χ4n) is 3.53. The van der Waals surface area contributed by atoms with E-state index in [4.69, 9.17) is 5.73 Å². The van der Waals surface area contributed by atoms with Gasteiger partial charge in [-0.25, -0.2) is 0 Å². The molecule has 0 radical (unpaired) electrons. The SMILES string of the molecule is CN(C)Cc1[nH]c2ccccc2c1C1NC(=O)c2ccc(N)cc21.CS. The highest BCUT2D eigenvalue weighted by atomic mass is 32.1. The lowest BCUT2D eigenvalue weighted by Crippen LogP contribution is -2.22. The van der Waals surface area contributed by atoms with Crippen LogP contribution in [0.4, 0.5) is 5.69 Å². The zero-order valence-electron chi connectivity index (χ0n) is 15.2. The third kappa shape index (κ3) is 3.18. The van der Waals surface area contributed by atoms with Crippen molar-refractivity contribution in [2.24, 2.45) is 0 Å². The van der Waals surface area contributed by atoms with Crippen molar-refractivity contribution in [3.63, 3.8) is 0 Å². The molecule has 0 spiro atoms. The second-order valence-corrected chi connectivity index (χ2v) is 6.55. The molecule has 6 heteroatoms. The van der Waals surface area contributed by atoms with Gasteiger partial charge in [-0.15, -0.1) is 0 Å². The average molecular weight is 369 g/mol. The monoisotopic (exact) mass is 368 g/mol. The van der Waals surface area contributed by atoms with Gasteiger partial charge >= 0.3 is 0 Å². The number of aromatic nitrogens is 1. The summed E-state index contributed by atoms with van der Waals surface area (Å²) in [5, 5.41) is 4.26. The van der Waals surface area contributed by atoms with E-state index in [-0.39, 0.29) is 11.9 Å². The number of aromatic amines is 1. The molecule has 0 bridgehead atoms. The molecule has 1 atom stereocenters. The number of nitrogens with zero attached hydrogens (tertiary/aromatic N) is 1. The van der Waals surface area contributed by atoms with Crippen molar-refractivity contribution in [1.82, 2.24) is 15.2 Å². The van der Waals surface area contributed by atoms with Crippen LogP contribution in [0.25, 0.3) is 10.9 Å². The van der Waals surface area contributed by atoms with Gasteiger partial charge in [-0.2, -0.15) is 12.6 Å². The molecule has 1 aromatic heterocycles. The number of nitrogens with one attached hydrogen (secondary N) is 2. The van der Waals surface area contributed by atoms with Gasteiger partial charge in [-0.3, -0.25) is 4.79 Å².